The molecule has 2 aliphatic heterocycles. The summed E-state index contributed by atoms with van der Waals surface area (Å²) in [6, 6.07) is 12.4. The van der Waals surface area contributed by atoms with E-state index in [0.717, 1.165) is 15.6 Å². The number of sulfonamides is 1. The number of alkyl halides is 1. The van der Waals surface area contributed by atoms with Crippen LogP contribution < -0.4 is 4.90 Å². The summed E-state index contributed by atoms with van der Waals surface area (Å²) in [5.74, 6) is -0.393. The zero-order valence-electron chi connectivity index (χ0n) is 14.4. The van der Waals surface area contributed by atoms with E-state index in [9.17, 15) is 17.6 Å². The minimum atomic E-state index is -4.09. The number of halogens is 2. The van der Waals surface area contributed by atoms with E-state index in [2.05, 4.69) is 0 Å². The van der Waals surface area contributed by atoms with Crippen LogP contribution in [0.15, 0.2) is 53.4 Å². The Balaban J connectivity index is 1.68. The molecule has 4 rings (SSSR count). The van der Waals surface area contributed by atoms with E-state index >= 15 is 0 Å². The minimum absolute atomic E-state index is 0.0533. The van der Waals surface area contributed by atoms with Gasteiger partial charge in [0.05, 0.1) is 5.02 Å². The van der Waals surface area contributed by atoms with Gasteiger partial charge >= 0.3 is 0 Å². The summed E-state index contributed by atoms with van der Waals surface area (Å²) >= 11 is 6.05. The SMILES string of the molecule is O=C([C@@H]1C[C@H](F)CN1S(=O)(=O)c1ccccc1Cl)N1CCc2ccccc21. The van der Waals surface area contributed by atoms with E-state index in [-0.39, 0.29) is 22.9 Å². The molecule has 0 aromatic heterocycles. The van der Waals surface area contributed by atoms with Gasteiger partial charge in [-0.05, 0) is 30.2 Å². The second-order valence-electron chi connectivity index (χ2n) is 6.72. The fourth-order valence-electron chi connectivity index (χ4n) is 3.77. The van der Waals surface area contributed by atoms with Crippen LogP contribution in [0.2, 0.25) is 5.02 Å². The number of hydrogen-bond acceptors (Lipinski definition) is 3. The number of hydrogen-bond donors (Lipinski definition) is 0. The monoisotopic (exact) mass is 408 g/mol. The van der Waals surface area contributed by atoms with Gasteiger partial charge < -0.3 is 4.90 Å². The Labute approximate surface area is 162 Å². The van der Waals surface area contributed by atoms with Crippen molar-refractivity contribution < 1.29 is 17.6 Å². The Morgan fingerprint density at radius 2 is 1.81 bits per heavy atom. The van der Waals surface area contributed by atoms with Crippen LogP contribution in [0.5, 0.6) is 0 Å². The van der Waals surface area contributed by atoms with E-state index in [4.69, 9.17) is 11.6 Å². The molecule has 0 spiro atoms. The molecular formula is C19H18ClFN2O3S. The summed E-state index contributed by atoms with van der Waals surface area (Å²) in [5.41, 5.74) is 1.79. The Kier molecular flexibility index (Phi) is 4.70. The number of para-hydroxylation sites is 1. The Morgan fingerprint density at radius 3 is 2.59 bits per heavy atom. The number of amides is 1. The molecule has 0 radical (unpaired) electrons. The number of rotatable bonds is 3. The molecule has 1 fully saturated rings. The Morgan fingerprint density at radius 1 is 1.11 bits per heavy atom. The maximum atomic E-state index is 14.2. The second-order valence-corrected chi connectivity index (χ2v) is 8.99. The van der Waals surface area contributed by atoms with Crippen molar-refractivity contribution >= 4 is 33.2 Å². The van der Waals surface area contributed by atoms with Crippen LogP contribution in [0.3, 0.4) is 0 Å². The molecule has 1 saturated heterocycles. The highest BCUT2D eigenvalue weighted by Gasteiger charge is 2.46. The van der Waals surface area contributed by atoms with Crippen LogP contribution in [-0.4, -0.2) is 43.9 Å². The lowest BCUT2D eigenvalue weighted by molar-refractivity contribution is -0.121. The normalized spacial score (nSPS) is 22.8. The summed E-state index contributed by atoms with van der Waals surface area (Å²) in [4.78, 5) is 14.6. The van der Waals surface area contributed by atoms with Gasteiger partial charge in [0, 0.05) is 25.2 Å². The van der Waals surface area contributed by atoms with Crippen molar-refractivity contribution in [3.05, 3.63) is 59.1 Å². The van der Waals surface area contributed by atoms with Crippen molar-refractivity contribution in [1.82, 2.24) is 4.31 Å². The highest BCUT2D eigenvalue weighted by atomic mass is 35.5. The van der Waals surface area contributed by atoms with E-state index < -0.39 is 28.1 Å². The molecule has 8 heteroatoms. The van der Waals surface area contributed by atoms with E-state index in [0.29, 0.717) is 13.0 Å². The first-order valence-electron chi connectivity index (χ1n) is 8.69. The van der Waals surface area contributed by atoms with Crippen LogP contribution >= 0.6 is 11.6 Å². The molecule has 0 bridgehead atoms. The van der Waals surface area contributed by atoms with E-state index in [1.54, 1.807) is 17.0 Å². The van der Waals surface area contributed by atoms with Gasteiger partial charge in [-0.25, -0.2) is 12.8 Å². The number of anilines is 1. The number of carbonyl (C=O) groups is 1. The number of fused-ring (bicyclic) bond motifs is 1. The van der Waals surface area contributed by atoms with Crippen molar-refractivity contribution in [2.45, 2.75) is 30.0 Å². The summed E-state index contributed by atoms with van der Waals surface area (Å²) in [7, 11) is -4.09. The van der Waals surface area contributed by atoms with E-state index in [1.165, 1.54) is 12.1 Å². The quantitative estimate of drug-likeness (QED) is 0.784. The lowest BCUT2D eigenvalue weighted by Gasteiger charge is -2.27. The molecule has 2 heterocycles. The molecule has 0 N–H and O–H groups in total. The largest absolute Gasteiger partial charge is 0.310 e. The van der Waals surface area contributed by atoms with Gasteiger partial charge in [0.15, 0.2) is 0 Å². The highest BCUT2D eigenvalue weighted by molar-refractivity contribution is 7.89. The third-order valence-corrected chi connectivity index (χ3v) is 7.44. The molecule has 0 saturated carbocycles. The average molecular weight is 409 g/mol. The van der Waals surface area contributed by atoms with Gasteiger partial charge in [0.2, 0.25) is 15.9 Å². The van der Waals surface area contributed by atoms with Crippen LogP contribution in [0, 0.1) is 0 Å². The molecule has 27 heavy (non-hydrogen) atoms. The fourth-order valence-corrected chi connectivity index (χ4v) is 5.89. The highest BCUT2D eigenvalue weighted by Crippen LogP contribution is 2.35. The molecule has 5 nitrogen and oxygen atoms in total. The van der Waals surface area contributed by atoms with Crippen LogP contribution in [0.25, 0.3) is 0 Å². The number of benzene rings is 2. The first-order chi connectivity index (χ1) is 12.9. The zero-order valence-corrected chi connectivity index (χ0v) is 16.0. The number of nitrogens with zero attached hydrogens (tertiary/aromatic N) is 2. The third kappa shape index (κ3) is 3.13. The standard InChI is InChI=1S/C19H18ClFN2O3S/c20-15-6-2-4-8-18(15)27(25,26)23-12-14(21)11-17(23)19(24)22-10-9-13-5-1-3-7-16(13)22/h1-8,14,17H,9-12H2/t14-,17-/m0/s1. The van der Waals surface area contributed by atoms with Gasteiger partial charge in [0.1, 0.15) is 17.1 Å². The minimum Gasteiger partial charge on any atom is -0.310 e. The fraction of sp³-hybridized carbons (Fsp3) is 0.316. The van der Waals surface area contributed by atoms with Crippen LogP contribution in [-0.2, 0) is 21.2 Å². The van der Waals surface area contributed by atoms with Crippen molar-refractivity contribution in [3.8, 4) is 0 Å². The molecule has 0 unspecified atom stereocenters. The molecule has 142 valence electrons. The predicted octanol–water partition coefficient (Wildman–Crippen LogP) is 3.03. The van der Waals surface area contributed by atoms with Gasteiger partial charge in [0.25, 0.3) is 0 Å². The molecule has 1 amide bonds. The first kappa shape index (κ1) is 18.4. The molecule has 2 aliphatic rings. The lowest BCUT2D eigenvalue weighted by Crippen LogP contribution is -2.47. The second kappa shape index (κ2) is 6.89. The zero-order chi connectivity index (χ0) is 19.2. The Hall–Kier alpha value is -1.96. The van der Waals surface area contributed by atoms with Crippen molar-refractivity contribution in [2.75, 3.05) is 18.0 Å². The van der Waals surface area contributed by atoms with E-state index in [1.807, 2.05) is 24.3 Å². The average Bonchev–Trinajstić information content (AvgIpc) is 3.25. The Bertz CT molecular complexity index is 998. The van der Waals surface area contributed by atoms with Crippen LogP contribution in [0.4, 0.5) is 10.1 Å². The number of carbonyl (C=O) groups excluding carboxylic acids is 1. The third-order valence-electron chi connectivity index (χ3n) is 5.07. The topological polar surface area (TPSA) is 57.7 Å². The van der Waals surface area contributed by atoms with Gasteiger partial charge in [-0.3, -0.25) is 4.79 Å². The van der Waals surface area contributed by atoms with Crippen LogP contribution in [0.1, 0.15) is 12.0 Å². The molecule has 2 aromatic rings. The summed E-state index contributed by atoms with van der Waals surface area (Å²) in [5, 5.41) is 0.0533. The smallest absolute Gasteiger partial charge is 0.245 e. The van der Waals surface area contributed by atoms with Gasteiger partial charge in [-0.1, -0.05) is 41.9 Å². The maximum absolute atomic E-state index is 14.2. The summed E-state index contributed by atoms with van der Waals surface area (Å²) in [6.45, 7) is 0.116. The molecule has 2 aromatic carbocycles. The summed E-state index contributed by atoms with van der Waals surface area (Å²) < 4.78 is 41.3. The molecule has 2 atom stereocenters. The van der Waals surface area contributed by atoms with Crippen molar-refractivity contribution in [2.24, 2.45) is 0 Å². The lowest BCUT2D eigenvalue weighted by atomic mass is 10.1. The molecular weight excluding hydrogens is 391 g/mol. The van der Waals surface area contributed by atoms with Crippen molar-refractivity contribution in [3.63, 3.8) is 0 Å². The summed E-state index contributed by atoms with van der Waals surface area (Å²) in [6.07, 6.45) is -0.847. The van der Waals surface area contributed by atoms with Gasteiger partial charge in [-0.2, -0.15) is 4.31 Å². The maximum Gasteiger partial charge on any atom is 0.245 e. The van der Waals surface area contributed by atoms with Gasteiger partial charge in [-0.15, -0.1) is 0 Å². The predicted molar refractivity (Wildman–Crippen MR) is 101 cm³/mol. The molecule has 0 aliphatic carbocycles. The van der Waals surface area contributed by atoms with Crippen molar-refractivity contribution in [1.29, 1.82) is 0 Å². The first-order valence-corrected chi connectivity index (χ1v) is 10.5.